The number of hydrogen-bond acceptors (Lipinski definition) is 5. The Balaban J connectivity index is 1.59. The van der Waals surface area contributed by atoms with Gasteiger partial charge in [-0.3, -0.25) is 4.79 Å². The molecule has 178 valence electrons. The monoisotopic (exact) mass is 484 g/mol. The Morgan fingerprint density at radius 2 is 1.85 bits per heavy atom. The Labute approximate surface area is 186 Å². The summed E-state index contributed by atoms with van der Waals surface area (Å²) in [6.07, 6.45) is -4.00. The first-order valence-corrected chi connectivity index (χ1v) is 9.52. The van der Waals surface area contributed by atoms with Crippen molar-refractivity contribution in [2.24, 2.45) is 0 Å². The maximum absolute atomic E-state index is 13.6. The largest absolute Gasteiger partial charge is 0.411 e. The summed E-state index contributed by atoms with van der Waals surface area (Å²) >= 11 is 0. The Kier molecular flexibility index (Phi) is 6.24. The molecule has 1 aromatic carbocycles. The molecular weight excluding hydrogens is 470 g/mol. The van der Waals surface area contributed by atoms with Crippen molar-refractivity contribution in [1.82, 2.24) is 24.4 Å². The number of alkyl halides is 5. The molecule has 1 amide bonds. The number of anilines is 1. The van der Waals surface area contributed by atoms with Gasteiger partial charge in [0.05, 0.1) is 30.0 Å². The minimum Gasteiger partial charge on any atom is -0.350 e. The lowest BCUT2D eigenvalue weighted by molar-refractivity contribution is -0.182. The fourth-order valence-corrected chi connectivity index (χ4v) is 3.02. The Hall–Kier alpha value is -3.94. The third-order valence-electron chi connectivity index (χ3n) is 4.49. The van der Waals surface area contributed by atoms with Gasteiger partial charge in [-0.05, 0) is 30.3 Å². The van der Waals surface area contributed by atoms with E-state index in [1.165, 1.54) is 24.5 Å². The van der Waals surface area contributed by atoms with Gasteiger partial charge >= 0.3 is 6.18 Å². The molecular formula is C20H14F6N6O2. The van der Waals surface area contributed by atoms with Crippen LogP contribution in [0.25, 0.3) is 16.9 Å². The molecule has 4 aromatic rings. The Morgan fingerprint density at radius 3 is 2.53 bits per heavy atom. The fourth-order valence-electron chi connectivity index (χ4n) is 3.02. The molecule has 0 unspecified atom stereocenters. The van der Waals surface area contributed by atoms with Crippen molar-refractivity contribution in [3.63, 3.8) is 0 Å². The summed E-state index contributed by atoms with van der Waals surface area (Å²) in [4.78, 5) is 17.0. The maximum atomic E-state index is 13.6. The van der Waals surface area contributed by atoms with Gasteiger partial charge in [0.15, 0.2) is 5.65 Å². The second-order valence-corrected chi connectivity index (χ2v) is 6.98. The summed E-state index contributed by atoms with van der Waals surface area (Å²) in [5.41, 5.74) is -0.310. The van der Waals surface area contributed by atoms with Crippen molar-refractivity contribution in [2.45, 2.75) is 19.3 Å². The molecule has 4 rings (SSSR count). The number of amides is 1. The van der Waals surface area contributed by atoms with Crippen LogP contribution in [0.15, 0.2) is 48.9 Å². The number of nitrogens with zero attached hydrogens (tertiary/aromatic N) is 5. The highest BCUT2D eigenvalue weighted by Crippen LogP contribution is 2.27. The second kappa shape index (κ2) is 9.13. The van der Waals surface area contributed by atoms with Crippen molar-refractivity contribution < 1.29 is 35.9 Å². The predicted octanol–water partition coefficient (Wildman–Crippen LogP) is 4.46. The first-order chi connectivity index (χ1) is 16.1. The van der Waals surface area contributed by atoms with Crippen molar-refractivity contribution in [2.75, 3.05) is 11.9 Å². The predicted molar refractivity (Wildman–Crippen MR) is 106 cm³/mol. The van der Waals surface area contributed by atoms with E-state index in [2.05, 4.69) is 25.2 Å². The summed E-state index contributed by atoms with van der Waals surface area (Å²) in [5.74, 6) is -1.29. The molecule has 34 heavy (non-hydrogen) atoms. The van der Waals surface area contributed by atoms with Crippen molar-refractivity contribution >= 4 is 17.2 Å². The molecule has 0 aliphatic rings. The van der Waals surface area contributed by atoms with Crippen LogP contribution in [0.5, 0.6) is 0 Å². The topological polar surface area (TPSA) is 86.3 Å². The number of carbonyl (C=O) groups excluding carboxylic acids is 1. The Bertz CT molecular complexity index is 1320. The van der Waals surface area contributed by atoms with Gasteiger partial charge in [0, 0.05) is 5.56 Å². The van der Waals surface area contributed by atoms with Gasteiger partial charge in [-0.2, -0.15) is 23.4 Å². The molecule has 0 aliphatic carbocycles. The standard InChI is InChI=1S/C20H14F6N6O2/c21-12-3-1-11(2-4-12)15-5-16(17(22)23)32-18(30-15)14(7-28-32)19(33)29-13-6-27-31(8-13)10-34-9-20(24,25)26/h1-8,17H,9-10H2,(H,29,33). The fraction of sp³-hybridized carbons (Fsp3) is 0.200. The van der Waals surface area contributed by atoms with E-state index in [-0.39, 0.29) is 22.6 Å². The average Bonchev–Trinajstić information content (AvgIpc) is 3.39. The van der Waals surface area contributed by atoms with Crippen LogP contribution in [-0.2, 0) is 11.5 Å². The number of rotatable bonds is 7. The van der Waals surface area contributed by atoms with Gasteiger partial charge < -0.3 is 10.1 Å². The molecule has 0 spiro atoms. The van der Waals surface area contributed by atoms with E-state index >= 15 is 0 Å². The normalized spacial score (nSPS) is 12.0. The third-order valence-corrected chi connectivity index (χ3v) is 4.49. The quantitative estimate of drug-likeness (QED) is 0.392. The van der Waals surface area contributed by atoms with E-state index in [9.17, 15) is 31.1 Å². The number of nitrogens with one attached hydrogen (secondary N) is 1. The summed E-state index contributed by atoms with van der Waals surface area (Å²) in [6, 6.07) is 6.08. The van der Waals surface area contributed by atoms with Crippen molar-refractivity contribution in [3.05, 3.63) is 66.0 Å². The van der Waals surface area contributed by atoms with E-state index in [0.29, 0.717) is 5.56 Å². The lowest BCUT2D eigenvalue weighted by Gasteiger charge is -2.08. The minimum atomic E-state index is -4.50. The van der Waals surface area contributed by atoms with Gasteiger partial charge in [0.25, 0.3) is 12.3 Å². The van der Waals surface area contributed by atoms with Crippen molar-refractivity contribution in [1.29, 1.82) is 0 Å². The highest BCUT2D eigenvalue weighted by molar-refractivity contribution is 6.08. The molecule has 0 radical (unpaired) electrons. The van der Waals surface area contributed by atoms with Gasteiger partial charge in [-0.25, -0.2) is 27.4 Å². The molecule has 0 fully saturated rings. The number of aromatic nitrogens is 5. The molecule has 0 saturated carbocycles. The van der Waals surface area contributed by atoms with E-state index in [1.54, 1.807) is 0 Å². The summed E-state index contributed by atoms with van der Waals surface area (Å²) in [7, 11) is 0. The molecule has 0 atom stereocenters. The van der Waals surface area contributed by atoms with Crippen LogP contribution in [0.4, 0.5) is 32.0 Å². The minimum absolute atomic E-state index is 0.0759. The molecule has 0 saturated heterocycles. The summed E-state index contributed by atoms with van der Waals surface area (Å²) < 4.78 is 83.4. The number of fused-ring (bicyclic) bond motifs is 1. The molecule has 3 heterocycles. The van der Waals surface area contributed by atoms with Crippen LogP contribution in [0.2, 0.25) is 0 Å². The lowest BCUT2D eigenvalue weighted by atomic mass is 10.1. The van der Waals surface area contributed by atoms with E-state index < -0.39 is 43.4 Å². The highest BCUT2D eigenvalue weighted by atomic mass is 19.4. The second-order valence-electron chi connectivity index (χ2n) is 6.98. The maximum Gasteiger partial charge on any atom is 0.411 e. The number of ether oxygens (including phenoxy) is 1. The molecule has 0 bridgehead atoms. The van der Waals surface area contributed by atoms with Crippen LogP contribution < -0.4 is 5.32 Å². The molecule has 14 heteroatoms. The van der Waals surface area contributed by atoms with Crippen LogP contribution in [0, 0.1) is 5.82 Å². The van der Waals surface area contributed by atoms with Crippen LogP contribution >= 0.6 is 0 Å². The Morgan fingerprint density at radius 1 is 1.12 bits per heavy atom. The molecule has 0 aliphatic heterocycles. The van der Waals surface area contributed by atoms with E-state index in [0.717, 1.165) is 33.6 Å². The number of halogens is 6. The van der Waals surface area contributed by atoms with Gasteiger partial charge in [0.1, 0.15) is 30.4 Å². The lowest BCUT2D eigenvalue weighted by Crippen LogP contribution is -2.18. The number of benzene rings is 1. The SMILES string of the molecule is O=C(Nc1cnn(COCC(F)(F)F)c1)c1cnn2c(C(F)F)cc(-c3ccc(F)cc3)nc12. The summed E-state index contributed by atoms with van der Waals surface area (Å²) in [6.45, 7) is -1.97. The van der Waals surface area contributed by atoms with Gasteiger partial charge in [-0.1, -0.05) is 0 Å². The number of hydrogen-bond donors (Lipinski definition) is 1. The van der Waals surface area contributed by atoms with Crippen molar-refractivity contribution in [3.8, 4) is 11.3 Å². The zero-order valence-corrected chi connectivity index (χ0v) is 16.9. The average molecular weight is 484 g/mol. The third kappa shape index (κ3) is 5.17. The van der Waals surface area contributed by atoms with Crippen LogP contribution in [-0.4, -0.2) is 43.1 Å². The van der Waals surface area contributed by atoms with E-state index in [1.807, 2.05) is 0 Å². The van der Waals surface area contributed by atoms with Crippen LogP contribution in [0.1, 0.15) is 22.5 Å². The summed E-state index contributed by atoms with van der Waals surface area (Å²) in [5, 5.41) is 10.0. The first kappa shape index (κ1) is 23.2. The van der Waals surface area contributed by atoms with E-state index in [4.69, 9.17) is 0 Å². The molecule has 8 nitrogen and oxygen atoms in total. The molecule has 3 aromatic heterocycles. The molecule has 1 N–H and O–H groups in total. The van der Waals surface area contributed by atoms with Gasteiger partial charge in [-0.15, -0.1) is 0 Å². The zero-order valence-electron chi connectivity index (χ0n) is 16.9. The number of carbonyl (C=O) groups is 1. The van der Waals surface area contributed by atoms with Crippen LogP contribution in [0.3, 0.4) is 0 Å². The smallest absolute Gasteiger partial charge is 0.350 e. The zero-order chi connectivity index (χ0) is 24.5. The van der Waals surface area contributed by atoms with Gasteiger partial charge in [0.2, 0.25) is 0 Å². The first-order valence-electron chi connectivity index (χ1n) is 9.52. The highest BCUT2D eigenvalue weighted by Gasteiger charge is 2.27.